The molecule has 0 N–H and O–H groups in total. The van der Waals surface area contributed by atoms with Crippen molar-refractivity contribution in [3.63, 3.8) is 0 Å². The summed E-state index contributed by atoms with van der Waals surface area (Å²) in [7, 11) is 0. The van der Waals surface area contributed by atoms with Crippen LogP contribution in [0.15, 0.2) is 192 Å². The Hall–Kier alpha value is -6.64. The zero-order chi connectivity index (χ0) is 33.0. The van der Waals surface area contributed by atoms with E-state index in [4.69, 9.17) is 4.42 Å². The maximum atomic E-state index is 6.66. The van der Waals surface area contributed by atoms with Crippen molar-refractivity contribution in [2.75, 3.05) is 4.90 Å². The summed E-state index contributed by atoms with van der Waals surface area (Å²) in [6, 6.07) is 67.4. The molecule has 0 bridgehead atoms. The Bertz CT molecular complexity index is 2870. The van der Waals surface area contributed by atoms with Crippen LogP contribution in [-0.2, 0) is 0 Å². The molecule has 0 aliphatic heterocycles. The Balaban J connectivity index is 1.20. The maximum absolute atomic E-state index is 6.66. The Kier molecular flexibility index (Phi) is 6.53. The monoisotopic (exact) mass is 637 g/mol. The fourth-order valence-electron chi connectivity index (χ4n) is 7.72. The van der Waals surface area contributed by atoms with Gasteiger partial charge in [0.1, 0.15) is 11.2 Å². The molecule has 1 aromatic heterocycles. The molecular formula is C48H31NO. The van der Waals surface area contributed by atoms with Gasteiger partial charge in [-0.15, -0.1) is 0 Å². The van der Waals surface area contributed by atoms with Crippen molar-refractivity contribution < 1.29 is 4.42 Å². The van der Waals surface area contributed by atoms with Gasteiger partial charge in [-0.25, -0.2) is 0 Å². The van der Waals surface area contributed by atoms with Crippen molar-refractivity contribution in [1.29, 1.82) is 0 Å². The molecule has 10 rings (SSSR count). The molecular weight excluding hydrogens is 607 g/mol. The van der Waals surface area contributed by atoms with E-state index in [1.807, 2.05) is 0 Å². The minimum absolute atomic E-state index is 0.865. The van der Waals surface area contributed by atoms with Crippen molar-refractivity contribution in [3.8, 4) is 22.3 Å². The van der Waals surface area contributed by atoms with Gasteiger partial charge in [0.05, 0.1) is 11.1 Å². The summed E-state index contributed by atoms with van der Waals surface area (Å²) < 4.78 is 6.66. The van der Waals surface area contributed by atoms with Crippen LogP contribution in [0.3, 0.4) is 0 Å². The average Bonchev–Trinajstić information content (AvgIpc) is 3.58. The Morgan fingerprint density at radius 1 is 0.340 bits per heavy atom. The van der Waals surface area contributed by atoms with E-state index in [0.29, 0.717) is 0 Å². The minimum Gasteiger partial charge on any atom is -0.456 e. The van der Waals surface area contributed by atoms with Crippen molar-refractivity contribution in [3.05, 3.63) is 188 Å². The van der Waals surface area contributed by atoms with Crippen molar-refractivity contribution >= 4 is 71.3 Å². The lowest BCUT2D eigenvalue weighted by Crippen LogP contribution is -2.10. The third-order valence-corrected chi connectivity index (χ3v) is 10.0. The number of hydrogen-bond donors (Lipinski definition) is 0. The molecule has 0 atom stereocenters. The number of fused-ring (bicyclic) bond motifs is 7. The van der Waals surface area contributed by atoms with Crippen LogP contribution in [0.1, 0.15) is 0 Å². The summed E-state index contributed by atoms with van der Waals surface area (Å²) in [5.74, 6) is 0. The first-order valence-corrected chi connectivity index (χ1v) is 17.1. The average molecular weight is 638 g/mol. The lowest BCUT2D eigenvalue weighted by molar-refractivity contribution is 0.669. The molecule has 0 radical (unpaired) electrons. The number of hydrogen-bond acceptors (Lipinski definition) is 2. The summed E-state index contributed by atoms with van der Waals surface area (Å²) in [6.45, 7) is 0. The zero-order valence-corrected chi connectivity index (χ0v) is 27.3. The van der Waals surface area contributed by atoms with Gasteiger partial charge in [-0.05, 0) is 103 Å². The largest absolute Gasteiger partial charge is 0.456 e. The molecule has 0 fully saturated rings. The SMILES string of the molecule is c1ccc(N(c2ccc(-c3ccc4ccccc4c3)cc2)c2cccc3oc4cccc(-c5cccc6ccc7ccccc7c56)c4c23)cc1. The lowest BCUT2D eigenvalue weighted by Gasteiger charge is -2.26. The first-order valence-electron chi connectivity index (χ1n) is 17.1. The number of nitrogens with zero attached hydrogens (tertiary/aromatic N) is 1. The molecule has 1 heterocycles. The van der Waals surface area contributed by atoms with Gasteiger partial charge in [0.2, 0.25) is 0 Å². The van der Waals surface area contributed by atoms with Crippen LogP contribution in [0.5, 0.6) is 0 Å². The molecule has 0 aliphatic carbocycles. The van der Waals surface area contributed by atoms with Crippen LogP contribution in [0, 0.1) is 0 Å². The van der Waals surface area contributed by atoms with Crippen LogP contribution in [-0.4, -0.2) is 0 Å². The highest BCUT2D eigenvalue weighted by Crippen LogP contribution is 2.47. The number of anilines is 3. The minimum atomic E-state index is 0.865. The van der Waals surface area contributed by atoms with E-state index < -0.39 is 0 Å². The first kappa shape index (κ1) is 28.4. The van der Waals surface area contributed by atoms with Gasteiger partial charge in [-0.3, -0.25) is 0 Å². The molecule has 0 spiro atoms. The van der Waals surface area contributed by atoms with Crippen LogP contribution < -0.4 is 4.90 Å². The molecule has 9 aromatic carbocycles. The van der Waals surface area contributed by atoms with Crippen LogP contribution in [0.2, 0.25) is 0 Å². The van der Waals surface area contributed by atoms with Gasteiger partial charge >= 0.3 is 0 Å². The van der Waals surface area contributed by atoms with Crippen molar-refractivity contribution in [2.45, 2.75) is 0 Å². The van der Waals surface area contributed by atoms with Crippen LogP contribution in [0.4, 0.5) is 17.1 Å². The fourth-order valence-corrected chi connectivity index (χ4v) is 7.72. The van der Waals surface area contributed by atoms with Crippen molar-refractivity contribution in [1.82, 2.24) is 0 Å². The van der Waals surface area contributed by atoms with Gasteiger partial charge < -0.3 is 9.32 Å². The highest BCUT2D eigenvalue weighted by Gasteiger charge is 2.22. The van der Waals surface area contributed by atoms with Crippen LogP contribution in [0.25, 0.3) is 76.5 Å². The highest BCUT2D eigenvalue weighted by molar-refractivity contribution is 6.23. The second-order valence-corrected chi connectivity index (χ2v) is 12.9. The van der Waals surface area contributed by atoms with Gasteiger partial charge in [0.15, 0.2) is 0 Å². The smallest absolute Gasteiger partial charge is 0.137 e. The number of para-hydroxylation sites is 1. The van der Waals surface area contributed by atoms with Gasteiger partial charge in [0, 0.05) is 16.8 Å². The third kappa shape index (κ3) is 4.57. The van der Waals surface area contributed by atoms with Crippen LogP contribution >= 0.6 is 0 Å². The molecule has 0 aliphatic rings. The summed E-state index contributed by atoms with van der Waals surface area (Å²) in [4.78, 5) is 2.36. The Morgan fingerprint density at radius 2 is 0.920 bits per heavy atom. The quantitative estimate of drug-likeness (QED) is 0.175. The number of furan rings is 1. The fraction of sp³-hybridized carbons (Fsp3) is 0. The van der Waals surface area contributed by atoms with E-state index in [-0.39, 0.29) is 0 Å². The summed E-state index contributed by atoms with van der Waals surface area (Å²) in [5, 5.41) is 9.68. The summed E-state index contributed by atoms with van der Waals surface area (Å²) in [5.41, 5.74) is 9.73. The second-order valence-electron chi connectivity index (χ2n) is 12.9. The van der Waals surface area contributed by atoms with E-state index in [1.54, 1.807) is 0 Å². The van der Waals surface area contributed by atoms with Crippen molar-refractivity contribution in [2.24, 2.45) is 0 Å². The molecule has 0 saturated heterocycles. The molecule has 234 valence electrons. The molecule has 50 heavy (non-hydrogen) atoms. The van der Waals surface area contributed by atoms with Gasteiger partial charge in [0.25, 0.3) is 0 Å². The lowest BCUT2D eigenvalue weighted by atomic mass is 9.91. The van der Waals surface area contributed by atoms with E-state index in [9.17, 15) is 0 Å². The normalized spacial score (nSPS) is 11.6. The zero-order valence-electron chi connectivity index (χ0n) is 27.3. The van der Waals surface area contributed by atoms with E-state index in [0.717, 1.165) is 44.6 Å². The van der Waals surface area contributed by atoms with E-state index in [2.05, 4.69) is 193 Å². The molecule has 10 aromatic rings. The Labute approximate surface area is 290 Å². The van der Waals surface area contributed by atoms with Gasteiger partial charge in [-0.1, -0.05) is 140 Å². The number of benzene rings is 9. The van der Waals surface area contributed by atoms with E-state index >= 15 is 0 Å². The summed E-state index contributed by atoms with van der Waals surface area (Å²) in [6.07, 6.45) is 0. The number of rotatable bonds is 5. The predicted molar refractivity (Wildman–Crippen MR) is 212 cm³/mol. The standard InChI is InChI=1S/C48H31NO/c1-2-15-38(16-3-1)49(39-29-27-33(28-30-39)37-26-23-32-11-4-5-13-36(32)31-37)43-20-10-22-45-48(43)47-42(19-9-21-44(47)50-45)41-18-8-14-35-25-24-34-12-6-7-17-40(34)46(35)41/h1-31H. The molecule has 0 amide bonds. The second kappa shape index (κ2) is 11.5. The molecule has 2 nitrogen and oxygen atoms in total. The topological polar surface area (TPSA) is 16.4 Å². The van der Waals surface area contributed by atoms with Gasteiger partial charge in [-0.2, -0.15) is 0 Å². The first-order chi connectivity index (χ1) is 24.8. The molecule has 0 saturated carbocycles. The maximum Gasteiger partial charge on any atom is 0.137 e. The molecule has 0 unspecified atom stereocenters. The Morgan fingerprint density at radius 3 is 1.76 bits per heavy atom. The molecule has 2 heteroatoms. The third-order valence-electron chi connectivity index (χ3n) is 10.0. The predicted octanol–water partition coefficient (Wildman–Crippen LogP) is 13.8. The van der Waals surface area contributed by atoms with E-state index in [1.165, 1.54) is 49.0 Å². The summed E-state index contributed by atoms with van der Waals surface area (Å²) >= 11 is 0. The highest BCUT2D eigenvalue weighted by atomic mass is 16.3.